The molecule has 0 aliphatic rings. The first-order chi connectivity index (χ1) is 61.4. The second kappa shape index (κ2) is 61.0. The maximum atomic E-state index is 14.4. The molecular weight excluding hydrogens is 1750 g/mol. The number of carbonyl (C=O) groups is 21. The number of rotatable bonds is 65. The first-order valence-corrected chi connectivity index (χ1v) is 43.3. The van der Waals surface area contributed by atoms with Gasteiger partial charge in [-0.2, -0.15) is 0 Å². The van der Waals surface area contributed by atoms with E-state index in [-0.39, 0.29) is 70.4 Å². The minimum atomic E-state index is -2.00. The van der Waals surface area contributed by atoms with Crippen molar-refractivity contribution in [3.8, 4) is 0 Å². The highest BCUT2D eigenvalue weighted by atomic mass is 16.4. The third-order valence-corrected chi connectivity index (χ3v) is 20.5. The number of aliphatic carboxylic acids is 4. The molecule has 0 unspecified atom stereocenters. The topological polar surface area (TPSA) is 868 Å². The highest BCUT2D eigenvalue weighted by molar-refractivity contribution is 6.01. The second-order valence-electron chi connectivity index (χ2n) is 33.3. The molecule has 52 nitrogen and oxygen atoms in total. The van der Waals surface area contributed by atoms with Crippen molar-refractivity contribution >= 4 is 136 Å². The number of hydrogen-bond donors (Lipinski definition) is 31. The maximum absolute atomic E-state index is 14.4. The van der Waals surface area contributed by atoms with E-state index < -0.39 is 333 Å². The Labute approximate surface area is 763 Å². The maximum Gasteiger partial charge on any atom is 0.326 e. The Morgan fingerprint density at radius 3 is 0.992 bits per heavy atom. The summed E-state index contributed by atoms with van der Waals surface area (Å²) in [4.78, 5) is 282. The van der Waals surface area contributed by atoms with Crippen molar-refractivity contribution in [1.82, 2.24) is 95.7 Å². The fourth-order valence-corrected chi connectivity index (χ4v) is 12.4. The van der Waals surface area contributed by atoms with Gasteiger partial charge in [-0.15, -0.1) is 0 Å². The van der Waals surface area contributed by atoms with Crippen LogP contribution in [0.5, 0.6) is 0 Å². The number of nitrogens with two attached hydrogens (primary N) is 4. The Hall–Kier alpha value is -12.7. The molecule has 0 radical (unpaired) electrons. The van der Waals surface area contributed by atoms with Crippen LogP contribution in [0.3, 0.4) is 0 Å². The lowest BCUT2D eigenvalue weighted by molar-refractivity contribution is -0.143. The van der Waals surface area contributed by atoms with E-state index in [2.05, 4.69) is 95.7 Å². The number of hydrogen-bond acceptors (Lipinski definition) is 27. The number of nitrogens with one attached hydrogen (secondary N) is 20. The van der Waals surface area contributed by atoms with Gasteiger partial charge in [-0.05, 0) is 121 Å². The number of carboxylic acids is 4. The van der Waals surface area contributed by atoms with E-state index in [1.807, 2.05) is 0 Å². The molecule has 35 N–H and O–H groups in total. The number of primary amides is 1. The summed E-state index contributed by atoms with van der Waals surface area (Å²) in [5, 5.41) is 127. The Kier molecular flexibility index (Phi) is 55.1. The van der Waals surface area contributed by atoms with Gasteiger partial charge in [-0.1, -0.05) is 82.1 Å². The van der Waals surface area contributed by atoms with Crippen LogP contribution in [0.25, 0.3) is 0 Å². The van der Waals surface area contributed by atoms with E-state index in [1.54, 1.807) is 48.5 Å². The van der Waals surface area contributed by atoms with Gasteiger partial charge in [-0.3, -0.25) is 107 Å². The highest BCUT2D eigenvalue weighted by Crippen LogP contribution is 2.17. The molecule has 0 aliphatic heterocycles. The first kappa shape index (κ1) is 119. The molecule has 0 aromatic carbocycles. The van der Waals surface area contributed by atoms with E-state index >= 15 is 0 Å². The summed E-state index contributed by atoms with van der Waals surface area (Å²) in [6.45, 7) is 18.5. The van der Waals surface area contributed by atoms with Gasteiger partial charge in [0.1, 0.15) is 96.7 Å². The zero-order chi connectivity index (χ0) is 101. The van der Waals surface area contributed by atoms with Crippen molar-refractivity contribution in [2.45, 2.75) is 309 Å². The summed E-state index contributed by atoms with van der Waals surface area (Å²) >= 11 is 0. The predicted octanol–water partition coefficient (Wildman–Crippen LogP) is -9.19. The zero-order valence-corrected chi connectivity index (χ0v) is 76.9. The fraction of sp³-hybridized carbons (Fsp3) is 0.713. The van der Waals surface area contributed by atoms with Gasteiger partial charge in [-0.25, -0.2) is 4.79 Å². The van der Waals surface area contributed by atoms with Crippen molar-refractivity contribution in [2.75, 3.05) is 26.2 Å². The van der Waals surface area contributed by atoms with Gasteiger partial charge >= 0.3 is 23.9 Å². The first-order valence-electron chi connectivity index (χ1n) is 43.3. The van der Waals surface area contributed by atoms with Gasteiger partial charge in [0.2, 0.25) is 100 Å². The largest absolute Gasteiger partial charge is 0.481 e. The summed E-state index contributed by atoms with van der Waals surface area (Å²) in [6, 6.07) is -26.2. The molecule has 0 saturated heterocycles. The van der Waals surface area contributed by atoms with Gasteiger partial charge in [0.25, 0.3) is 0 Å². The van der Waals surface area contributed by atoms with Crippen LogP contribution in [-0.2, 0) is 101 Å². The smallest absolute Gasteiger partial charge is 0.326 e. The number of guanidine groups is 2. The van der Waals surface area contributed by atoms with Crippen LogP contribution in [0.2, 0.25) is 0 Å². The molecule has 0 rings (SSSR count). The van der Waals surface area contributed by atoms with E-state index in [9.17, 15) is 131 Å². The molecule has 0 aromatic rings. The number of amides is 17. The highest BCUT2D eigenvalue weighted by Gasteiger charge is 2.41. The van der Waals surface area contributed by atoms with Gasteiger partial charge in [0, 0.05) is 38.8 Å². The molecule has 0 fully saturated rings. The van der Waals surface area contributed by atoms with E-state index in [4.69, 9.17) is 38.9 Å². The summed E-state index contributed by atoms with van der Waals surface area (Å²) in [6.07, 6.45) is -8.33. The quantitative estimate of drug-likeness (QED) is 0.0153. The van der Waals surface area contributed by atoms with Gasteiger partial charge in [0.15, 0.2) is 11.9 Å². The lowest BCUT2D eigenvalue weighted by Crippen LogP contribution is -2.62. The molecule has 0 bridgehead atoms. The Balaban J connectivity index is 6.91. The predicted molar refractivity (Wildman–Crippen MR) is 469 cm³/mol. The second-order valence-corrected chi connectivity index (χ2v) is 33.3. The molecule has 20 atom stereocenters. The van der Waals surface area contributed by atoms with Crippen LogP contribution in [0.4, 0.5) is 0 Å². The molecule has 0 saturated carbocycles. The van der Waals surface area contributed by atoms with Gasteiger partial charge < -0.3 is 154 Å². The molecule has 0 aliphatic carbocycles. The Bertz CT molecular complexity index is 3970. The van der Waals surface area contributed by atoms with E-state index in [0.717, 1.165) is 13.8 Å². The molecule has 748 valence electrons. The van der Waals surface area contributed by atoms with Crippen molar-refractivity contribution in [3.05, 3.63) is 0 Å². The standard InChI is InChI=1S/C80H140N24O28/c1-15-38(9)60(74(127)89-33-54(109)92-49(78(131)132)24-28-57(114)115)102-67(120)45(20-18-30-88-80(85)86)94-72(125)52(34-105)100-76(129)61(39(10)16-2)103-75(128)59(37(7)8)101-68(121)48(23-27-56(112)113)93-63(116)41(12)91-77(130)62(43(14)107)104-69(122)46(21-25-53(81)108)96-71(124)51(32-36(5)6)98-64(117)40(11)90-70(123)50(31-35(3)4)99-66(119)47(22-26-55(110)111)95-65(118)44(19-17-29-87-79(83)84)97-73(126)58(82)42(13)106/h35-52,58-62,105-107H,15-34,82H2,1-14H3,(H2,81,108)(H,89,127)(H,90,123)(H,91,130)(H,92,109)(H,93,116)(H,94,125)(H,95,118)(H,96,124)(H,97,126)(H,98,117)(H,99,119)(H,100,129)(H,101,121)(H,102,120)(H,103,128)(H,104,122)(H,110,111)(H,112,113)(H,114,115)(H,131,132)(H4,83,84,87)(H4,85,86,88)/t38-,39-,40-,41-,42+,43+,44-,45-,46-,47-,48-,49-,50-,51-,52-,58-,59-,60-,61-,62-/m0/s1. The SMILES string of the molecule is CC[C@H](C)[C@H](NC(=O)[C@H](CCCNC(=N)N)NC(=O)[C@H](CO)NC(=O)[C@@H](NC(=O)[C@@H](NC(=O)[C@H](CCC(=O)O)NC(=O)[C@H](C)NC(=O)[C@@H](NC(=O)[C@H](CCC(N)=O)NC(=O)[C@H](CC(C)C)NC(=O)[C@H](C)NC(=O)[C@H](CC(C)C)NC(=O)[C@H](CCC(=O)O)NC(=O)[C@H](CCCNC(=N)N)NC(=O)[C@@H](N)[C@@H](C)O)[C@@H](C)O)C(C)C)[C@@H](C)CC)C(=O)NCC(=O)N[C@@H](CCC(=O)O)C(=O)O. The van der Waals surface area contributed by atoms with Crippen molar-refractivity contribution < 1.29 is 136 Å². The monoisotopic (exact) mass is 1890 g/mol. The Morgan fingerprint density at radius 1 is 0.318 bits per heavy atom. The number of carbonyl (C=O) groups excluding carboxylic acids is 17. The summed E-state index contributed by atoms with van der Waals surface area (Å²) in [5.41, 5.74) is 22.0. The number of aliphatic hydroxyl groups excluding tert-OH is 3. The summed E-state index contributed by atoms with van der Waals surface area (Å²) in [5.74, 6) is -28.0. The minimum absolute atomic E-state index is 0.0154. The van der Waals surface area contributed by atoms with Crippen LogP contribution in [-0.4, -0.2) is 307 Å². The Morgan fingerprint density at radius 2 is 0.621 bits per heavy atom. The number of carboxylic acid groups (broad SMARTS) is 4. The minimum Gasteiger partial charge on any atom is -0.481 e. The normalized spacial score (nSPS) is 15.7. The van der Waals surface area contributed by atoms with Crippen molar-refractivity contribution in [1.29, 1.82) is 10.8 Å². The van der Waals surface area contributed by atoms with Crippen LogP contribution < -0.4 is 119 Å². The molecule has 52 heteroatoms. The van der Waals surface area contributed by atoms with Crippen LogP contribution in [0, 0.1) is 40.4 Å². The summed E-state index contributed by atoms with van der Waals surface area (Å²) in [7, 11) is 0. The van der Waals surface area contributed by atoms with Crippen LogP contribution >= 0.6 is 0 Å². The van der Waals surface area contributed by atoms with Crippen LogP contribution in [0.15, 0.2) is 0 Å². The molecular formula is C80H140N24O28. The molecule has 17 amide bonds. The third-order valence-electron chi connectivity index (χ3n) is 20.5. The van der Waals surface area contributed by atoms with Gasteiger partial charge in [0.05, 0.1) is 25.4 Å². The van der Waals surface area contributed by atoms with E-state index in [1.165, 1.54) is 34.6 Å². The van der Waals surface area contributed by atoms with Crippen LogP contribution in [0.1, 0.15) is 200 Å². The molecule has 0 spiro atoms. The third kappa shape index (κ3) is 46.7. The van der Waals surface area contributed by atoms with Crippen molar-refractivity contribution in [3.63, 3.8) is 0 Å². The number of aliphatic hydroxyl groups is 3. The summed E-state index contributed by atoms with van der Waals surface area (Å²) < 4.78 is 0. The average Bonchev–Trinajstić information content (AvgIpc) is 0.765. The molecule has 0 heterocycles. The molecule has 0 aromatic heterocycles. The zero-order valence-electron chi connectivity index (χ0n) is 76.9. The lowest BCUT2D eigenvalue weighted by atomic mass is 9.96. The lowest BCUT2D eigenvalue weighted by Gasteiger charge is -2.30. The average molecular weight is 1890 g/mol. The molecule has 132 heavy (non-hydrogen) atoms. The van der Waals surface area contributed by atoms with E-state index in [0.29, 0.717) is 0 Å². The van der Waals surface area contributed by atoms with Crippen molar-refractivity contribution in [2.24, 2.45) is 52.5 Å². The fourth-order valence-electron chi connectivity index (χ4n) is 12.4.